The van der Waals surface area contributed by atoms with E-state index in [2.05, 4.69) is 121 Å². The van der Waals surface area contributed by atoms with E-state index in [1.54, 1.807) is 0 Å². The Hall–Kier alpha value is 1.10. The first kappa shape index (κ1) is 71.7. The van der Waals surface area contributed by atoms with Crippen LogP contribution >= 0.6 is 136 Å². The van der Waals surface area contributed by atoms with Crippen molar-refractivity contribution in [3.63, 3.8) is 0 Å². The van der Waals surface area contributed by atoms with E-state index in [0.29, 0.717) is 0 Å². The summed E-state index contributed by atoms with van der Waals surface area (Å²) in [5.74, 6) is 0.193. The van der Waals surface area contributed by atoms with E-state index in [0.717, 1.165) is 118 Å². The summed E-state index contributed by atoms with van der Waals surface area (Å²) >= 11 is 0. The van der Waals surface area contributed by atoms with E-state index in [-0.39, 0.29) is 153 Å². The molecule has 0 saturated carbocycles. The molecule has 2 heterocycles. The van der Waals surface area contributed by atoms with Gasteiger partial charge in [-0.3, -0.25) is 9.80 Å². The highest BCUT2D eigenvalue weighted by Crippen LogP contribution is 2.33. The average molecular weight is 1350 g/mol. The summed E-state index contributed by atoms with van der Waals surface area (Å²) in [4.78, 5) is 5.27. The second kappa shape index (κ2) is 45.7. The zero-order valence-electron chi connectivity index (χ0n) is 34.3. The first-order chi connectivity index (χ1) is 24.3. The van der Waals surface area contributed by atoms with Gasteiger partial charge in [0.15, 0.2) is 0 Å². The minimum absolute atomic E-state index is 0. The zero-order valence-corrected chi connectivity index (χ0v) is 48.0. The smallest absolute Gasteiger partial charge is 0.0340 e. The predicted octanol–water partition coefficient (Wildman–Crippen LogP) is 6.57. The summed E-state index contributed by atoms with van der Waals surface area (Å²) in [5, 5.41) is 21.7. The van der Waals surface area contributed by atoms with Crippen molar-refractivity contribution in [2.24, 2.45) is 0 Å². The Balaban J connectivity index is -0.000000702. The molecule has 348 valence electrons. The lowest BCUT2D eigenvalue weighted by molar-refractivity contribution is 0.260. The highest BCUT2D eigenvalue weighted by Gasteiger charge is 2.19. The molecule has 0 aliphatic carbocycles. The SMILES string of the molecule is Br.Br.Br.Br.Br.Br.Br.Br.O.O.c1ccc(C(c2cccc(CN3CCCNCCNCCCNCC3)c2)c2cccc(CN3CCCNCCNCCCNCC3)c2)cc1. The lowest BCUT2D eigenvalue weighted by Crippen LogP contribution is -2.36. The quantitative estimate of drug-likeness (QED) is 0.146. The van der Waals surface area contributed by atoms with Gasteiger partial charge < -0.3 is 42.9 Å². The Morgan fingerprint density at radius 2 is 0.695 bits per heavy atom. The van der Waals surface area contributed by atoms with Crippen molar-refractivity contribution >= 4 is 136 Å². The van der Waals surface area contributed by atoms with E-state index in [1.165, 1.54) is 53.5 Å². The van der Waals surface area contributed by atoms with Crippen molar-refractivity contribution in [1.29, 1.82) is 0 Å². The molecular formula is C41H76Br8N8O2. The number of halogens is 8. The second-order valence-electron chi connectivity index (χ2n) is 13.8. The third kappa shape index (κ3) is 29.3. The van der Waals surface area contributed by atoms with Gasteiger partial charge in [-0.2, -0.15) is 0 Å². The Labute approximate surface area is 440 Å². The first-order valence-electron chi connectivity index (χ1n) is 19.3. The molecule has 2 aliphatic heterocycles. The zero-order chi connectivity index (χ0) is 33.6. The first-order valence-corrected chi connectivity index (χ1v) is 19.3. The molecule has 5 rings (SSSR count). The van der Waals surface area contributed by atoms with Crippen LogP contribution in [0.1, 0.15) is 59.4 Å². The Kier molecular flexibility index (Phi) is 55.5. The van der Waals surface area contributed by atoms with Gasteiger partial charge in [0, 0.05) is 71.4 Å². The van der Waals surface area contributed by atoms with E-state index >= 15 is 0 Å². The van der Waals surface area contributed by atoms with E-state index in [9.17, 15) is 0 Å². The van der Waals surface area contributed by atoms with E-state index in [4.69, 9.17) is 0 Å². The minimum Gasteiger partial charge on any atom is -0.412 e. The molecule has 2 saturated heterocycles. The molecule has 0 radical (unpaired) electrons. The van der Waals surface area contributed by atoms with Gasteiger partial charge in [-0.25, -0.2) is 0 Å². The van der Waals surface area contributed by atoms with Crippen molar-refractivity contribution in [3.8, 4) is 0 Å². The van der Waals surface area contributed by atoms with E-state index < -0.39 is 0 Å². The second-order valence-corrected chi connectivity index (χ2v) is 13.8. The lowest BCUT2D eigenvalue weighted by Gasteiger charge is -2.26. The molecule has 0 atom stereocenters. The molecule has 0 bridgehead atoms. The molecule has 10 nitrogen and oxygen atoms in total. The van der Waals surface area contributed by atoms with Gasteiger partial charge in [-0.15, -0.1) is 136 Å². The molecule has 0 unspecified atom stereocenters. The van der Waals surface area contributed by atoms with Crippen molar-refractivity contribution < 1.29 is 11.0 Å². The molecule has 0 spiro atoms. The van der Waals surface area contributed by atoms with Crippen molar-refractivity contribution in [3.05, 3.63) is 107 Å². The van der Waals surface area contributed by atoms with E-state index in [1.807, 2.05) is 0 Å². The van der Waals surface area contributed by atoms with Gasteiger partial charge in [0.05, 0.1) is 0 Å². The highest BCUT2D eigenvalue weighted by atomic mass is 79.9. The minimum atomic E-state index is 0. The van der Waals surface area contributed by atoms with Crippen LogP contribution in [0.25, 0.3) is 0 Å². The molecule has 10 N–H and O–H groups in total. The summed E-state index contributed by atoms with van der Waals surface area (Å²) < 4.78 is 0. The standard InChI is InChI=1S/C41H64N8.8BrH.2H2O/c1-2-12-38(13-3-1)41(39-14-4-10-36(32-39)34-48-28-8-20-44-24-22-42-16-6-18-46-26-30-48)40-15-5-11-37(33-40)35-49-29-9-21-45-25-23-43-17-7-19-47-27-31-49;;;;;;;;;;/h1-5,10-15,32-33,41-47H,6-9,16-31,34-35H2;8*1H;2*1H2. The Bertz CT molecular complexity index is 1230. The maximum absolute atomic E-state index is 3.67. The molecule has 0 aromatic heterocycles. The molecule has 59 heavy (non-hydrogen) atoms. The van der Waals surface area contributed by atoms with Crippen LogP contribution in [0, 0.1) is 0 Å². The highest BCUT2D eigenvalue weighted by molar-refractivity contribution is 8.93. The third-order valence-corrected chi connectivity index (χ3v) is 9.75. The van der Waals surface area contributed by atoms with Gasteiger partial charge >= 0.3 is 0 Å². The van der Waals surface area contributed by atoms with Crippen LogP contribution in [0.2, 0.25) is 0 Å². The molecule has 18 heteroatoms. The summed E-state index contributed by atoms with van der Waals surface area (Å²) in [6.07, 6.45) is 4.68. The van der Waals surface area contributed by atoms with Gasteiger partial charge in [-0.05, 0) is 106 Å². The average Bonchev–Trinajstić information content (AvgIpc) is 3.12. The van der Waals surface area contributed by atoms with Crippen LogP contribution < -0.4 is 31.9 Å². The third-order valence-electron chi connectivity index (χ3n) is 9.75. The molecular weight excluding hydrogens is 1280 g/mol. The van der Waals surface area contributed by atoms with Crippen LogP contribution in [0.5, 0.6) is 0 Å². The normalized spacial score (nSPS) is 16.6. The number of rotatable bonds is 7. The summed E-state index contributed by atoms with van der Waals surface area (Å²) in [6.45, 7) is 19.0. The maximum Gasteiger partial charge on any atom is 0.0340 e. The number of nitrogens with one attached hydrogen (secondary N) is 6. The number of benzene rings is 3. The largest absolute Gasteiger partial charge is 0.412 e. The predicted molar refractivity (Wildman–Crippen MR) is 296 cm³/mol. The van der Waals surface area contributed by atoms with Gasteiger partial charge in [0.1, 0.15) is 0 Å². The fraction of sp³-hybridized carbons (Fsp3) is 0.561. The molecule has 3 aromatic rings. The van der Waals surface area contributed by atoms with Gasteiger partial charge in [-0.1, -0.05) is 78.9 Å². The van der Waals surface area contributed by atoms with Crippen LogP contribution in [-0.4, -0.2) is 125 Å². The van der Waals surface area contributed by atoms with Gasteiger partial charge in [0.2, 0.25) is 0 Å². The van der Waals surface area contributed by atoms with Crippen molar-refractivity contribution in [2.75, 3.05) is 105 Å². The molecule has 2 fully saturated rings. The van der Waals surface area contributed by atoms with Crippen LogP contribution in [0.3, 0.4) is 0 Å². The fourth-order valence-corrected chi connectivity index (χ4v) is 7.13. The number of hydrogen-bond acceptors (Lipinski definition) is 8. The summed E-state index contributed by atoms with van der Waals surface area (Å²) in [5.41, 5.74) is 6.89. The maximum atomic E-state index is 3.67. The van der Waals surface area contributed by atoms with Crippen LogP contribution in [0.4, 0.5) is 0 Å². The van der Waals surface area contributed by atoms with Crippen LogP contribution in [0.15, 0.2) is 78.9 Å². The molecule has 2 aliphatic rings. The Morgan fingerprint density at radius 1 is 0.356 bits per heavy atom. The van der Waals surface area contributed by atoms with Crippen molar-refractivity contribution in [1.82, 2.24) is 41.7 Å². The van der Waals surface area contributed by atoms with Gasteiger partial charge in [0.25, 0.3) is 0 Å². The topological polar surface area (TPSA) is 142 Å². The number of nitrogens with zero attached hydrogens (tertiary/aromatic N) is 2. The molecule has 0 amide bonds. The fourth-order valence-electron chi connectivity index (χ4n) is 7.13. The summed E-state index contributed by atoms with van der Waals surface area (Å²) in [6, 6.07) is 29.9. The van der Waals surface area contributed by atoms with Crippen molar-refractivity contribution in [2.45, 2.75) is 44.7 Å². The Morgan fingerprint density at radius 3 is 1.08 bits per heavy atom. The monoisotopic (exact) mass is 1340 g/mol. The molecule has 3 aromatic carbocycles. The lowest BCUT2D eigenvalue weighted by atomic mass is 9.84. The van der Waals surface area contributed by atoms with Crippen LogP contribution in [-0.2, 0) is 13.1 Å². The number of hydrogen-bond donors (Lipinski definition) is 6. The summed E-state index contributed by atoms with van der Waals surface area (Å²) in [7, 11) is 0.